The number of aryl methyl sites for hydroxylation is 1. The van der Waals surface area contributed by atoms with Crippen LogP contribution < -0.4 is 0 Å². The molecule has 5 nitrogen and oxygen atoms in total. The van der Waals surface area contributed by atoms with Crippen molar-refractivity contribution in [1.29, 1.82) is 0 Å². The second kappa shape index (κ2) is 8.43. The van der Waals surface area contributed by atoms with Gasteiger partial charge >= 0.3 is 11.9 Å². The third kappa shape index (κ3) is 4.23. The first-order chi connectivity index (χ1) is 13.5. The number of halogens is 1. The van der Waals surface area contributed by atoms with Crippen LogP contribution in [-0.4, -0.2) is 24.0 Å². The first-order valence-corrected chi connectivity index (χ1v) is 8.56. The number of hydrogen-bond donors (Lipinski definition) is 0. The summed E-state index contributed by atoms with van der Waals surface area (Å²) < 4.78 is 23.0. The lowest BCUT2D eigenvalue weighted by Crippen LogP contribution is -2.13. The summed E-state index contributed by atoms with van der Waals surface area (Å²) in [5, 5.41) is 0.828. The standard InChI is InChI=1S/C22H18FNO4/c1-14-17-5-3-4-6-18(17)24-19(21(14)22(26)27-2)13-28-20(25)12-9-15-7-10-16(23)11-8-15/h3-12H,13H2,1-2H3/b12-9+. The molecule has 0 spiro atoms. The van der Waals surface area contributed by atoms with Crippen LogP contribution in [0.5, 0.6) is 0 Å². The van der Waals surface area contributed by atoms with Gasteiger partial charge in [0.15, 0.2) is 0 Å². The maximum Gasteiger partial charge on any atom is 0.340 e. The van der Waals surface area contributed by atoms with Crippen LogP contribution in [0.3, 0.4) is 0 Å². The first kappa shape index (κ1) is 19.2. The molecule has 6 heteroatoms. The summed E-state index contributed by atoms with van der Waals surface area (Å²) in [6.45, 7) is 1.62. The van der Waals surface area contributed by atoms with Crippen molar-refractivity contribution in [3.05, 3.63) is 82.8 Å². The van der Waals surface area contributed by atoms with Crippen LogP contribution in [0.4, 0.5) is 4.39 Å². The summed E-state index contributed by atoms with van der Waals surface area (Å²) in [7, 11) is 1.29. The van der Waals surface area contributed by atoms with Crippen LogP contribution in [-0.2, 0) is 20.9 Å². The minimum atomic E-state index is -0.604. The first-order valence-electron chi connectivity index (χ1n) is 8.56. The number of hydrogen-bond acceptors (Lipinski definition) is 5. The normalized spacial score (nSPS) is 11.0. The number of carbonyl (C=O) groups is 2. The molecule has 0 aliphatic rings. The minimum absolute atomic E-state index is 0.178. The van der Waals surface area contributed by atoms with Crippen molar-refractivity contribution in [3.63, 3.8) is 0 Å². The SMILES string of the molecule is COC(=O)c1c(COC(=O)/C=C/c2ccc(F)cc2)nc2ccccc2c1C. The van der Waals surface area contributed by atoms with E-state index in [9.17, 15) is 14.0 Å². The minimum Gasteiger partial charge on any atom is -0.465 e. The molecule has 0 aliphatic heterocycles. The number of methoxy groups -OCH3 is 1. The number of benzene rings is 2. The number of pyridine rings is 1. The molecule has 0 saturated heterocycles. The number of para-hydroxylation sites is 1. The molecule has 3 aromatic rings. The van der Waals surface area contributed by atoms with E-state index in [1.165, 1.54) is 31.4 Å². The van der Waals surface area contributed by atoms with Crippen LogP contribution in [0.1, 0.15) is 27.2 Å². The van der Waals surface area contributed by atoms with Crippen molar-refractivity contribution in [3.8, 4) is 0 Å². The number of aromatic nitrogens is 1. The summed E-state index contributed by atoms with van der Waals surface area (Å²) in [5.74, 6) is -1.50. The molecule has 142 valence electrons. The number of rotatable bonds is 5. The van der Waals surface area contributed by atoms with Gasteiger partial charge in [0.05, 0.1) is 23.9 Å². The molecule has 2 aromatic carbocycles. The van der Waals surface area contributed by atoms with E-state index in [2.05, 4.69) is 4.98 Å². The predicted octanol–water partition coefficient (Wildman–Crippen LogP) is 4.23. The van der Waals surface area contributed by atoms with E-state index < -0.39 is 11.9 Å². The van der Waals surface area contributed by atoms with Crippen LogP contribution in [0.2, 0.25) is 0 Å². The highest BCUT2D eigenvalue weighted by Crippen LogP contribution is 2.24. The average molecular weight is 379 g/mol. The zero-order chi connectivity index (χ0) is 20.1. The summed E-state index contributed by atoms with van der Waals surface area (Å²) in [5.41, 5.74) is 2.68. The van der Waals surface area contributed by atoms with E-state index in [1.807, 2.05) is 24.3 Å². The predicted molar refractivity (Wildman–Crippen MR) is 103 cm³/mol. The highest BCUT2D eigenvalue weighted by atomic mass is 19.1. The van der Waals surface area contributed by atoms with E-state index in [-0.39, 0.29) is 18.0 Å². The van der Waals surface area contributed by atoms with E-state index in [0.717, 1.165) is 5.39 Å². The molecule has 0 N–H and O–H groups in total. The molecular formula is C22H18FNO4. The van der Waals surface area contributed by atoms with E-state index >= 15 is 0 Å². The van der Waals surface area contributed by atoms with E-state index in [0.29, 0.717) is 22.3 Å². The quantitative estimate of drug-likeness (QED) is 0.490. The average Bonchev–Trinajstić information content (AvgIpc) is 2.71. The Labute approximate surface area is 161 Å². The fourth-order valence-electron chi connectivity index (χ4n) is 2.84. The van der Waals surface area contributed by atoms with Crippen molar-refractivity contribution in [2.75, 3.05) is 7.11 Å². The number of ether oxygens (including phenoxy) is 2. The molecule has 28 heavy (non-hydrogen) atoms. The Balaban J connectivity index is 1.82. The Hall–Kier alpha value is -3.54. The van der Waals surface area contributed by atoms with Crippen molar-refractivity contribution in [2.24, 2.45) is 0 Å². The van der Waals surface area contributed by atoms with Crippen LogP contribution >= 0.6 is 0 Å². The van der Waals surface area contributed by atoms with Gasteiger partial charge in [0, 0.05) is 11.5 Å². The van der Waals surface area contributed by atoms with Crippen molar-refractivity contribution < 1.29 is 23.5 Å². The van der Waals surface area contributed by atoms with Crippen LogP contribution in [0, 0.1) is 12.7 Å². The third-order valence-electron chi connectivity index (χ3n) is 4.25. The number of esters is 2. The maximum absolute atomic E-state index is 12.9. The van der Waals surface area contributed by atoms with Crippen LogP contribution in [0.15, 0.2) is 54.6 Å². The topological polar surface area (TPSA) is 65.5 Å². The van der Waals surface area contributed by atoms with Gasteiger partial charge in [0.2, 0.25) is 0 Å². The largest absolute Gasteiger partial charge is 0.465 e. The third-order valence-corrected chi connectivity index (χ3v) is 4.25. The Morgan fingerprint density at radius 1 is 1.11 bits per heavy atom. The Morgan fingerprint density at radius 2 is 1.82 bits per heavy atom. The highest BCUT2D eigenvalue weighted by Gasteiger charge is 2.20. The molecule has 0 radical (unpaired) electrons. The van der Waals surface area contributed by atoms with E-state index in [1.54, 1.807) is 19.1 Å². The molecule has 0 bridgehead atoms. The highest BCUT2D eigenvalue weighted by molar-refractivity contribution is 5.98. The summed E-state index contributed by atoms with van der Waals surface area (Å²) >= 11 is 0. The zero-order valence-electron chi connectivity index (χ0n) is 15.4. The number of carbonyl (C=O) groups excluding carboxylic acids is 2. The van der Waals surface area contributed by atoms with Crippen LogP contribution in [0.25, 0.3) is 17.0 Å². The molecule has 0 saturated carbocycles. The van der Waals surface area contributed by atoms with Gasteiger partial charge in [0.1, 0.15) is 12.4 Å². The van der Waals surface area contributed by atoms with Crippen molar-refractivity contribution in [2.45, 2.75) is 13.5 Å². The summed E-state index contributed by atoms with van der Waals surface area (Å²) in [6.07, 6.45) is 2.75. The second-order valence-corrected chi connectivity index (χ2v) is 6.06. The Morgan fingerprint density at radius 3 is 2.54 bits per heavy atom. The smallest absolute Gasteiger partial charge is 0.340 e. The lowest BCUT2D eigenvalue weighted by molar-refractivity contribution is -0.139. The van der Waals surface area contributed by atoms with Gasteiger partial charge in [-0.2, -0.15) is 0 Å². The summed E-state index contributed by atoms with van der Waals surface area (Å²) in [4.78, 5) is 28.7. The molecule has 1 aromatic heterocycles. The molecule has 0 fully saturated rings. The zero-order valence-corrected chi connectivity index (χ0v) is 15.4. The van der Waals surface area contributed by atoms with Gasteiger partial charge in [-0.15, -0.1) is 0 Å². The van der Waals surface area contributed by atoms with Gasteiger partial charge in [0.25, 0.3) is 0 Å². The molecule has 1 heterocycles. The fraction of sp³-hybridized carbons (Fsp3) is 0.136. The van der Waals surface area contributed by atoms with Crippen molar-refractivity contribution >= 4 is 28.9 Å². The lowest BCUT2D eigenvalue weighted by Gasteiger charge is -2.13. The Bertz CT molecular complexity index is 1060. The Kier molecular flexibility index (Phi) is 5.79. The van der Waals surface area contributed by atoms with Crippen molar-refractivity contribution in [1.82, 2.24) is 4.98 Å². The van der Waals surface area contributed by atoms with Gasteiger partial charge in [-0.05, 0) is 42.3 Å². The van der Waals surface area contributed by atoms with Gasteiger partial charge in [-0.3, -0.25) is 0 Å². The maximum atomic E-state index is 12.9. The molecular weight excluding hydrogens is 361 g/mol. The monoisotopic (exact) mass is 379 g/mol. The number of nitrogens with zero attached hydrogens (tertiary/aromatic N) is 1. The molecule has 0 amide bonds. The molecule has 3 rings (SSSR count). The molecule has 0 aliphatic carbocycles. The fourth-order valence-corrected chi connectivity index (χ4v) is 2.84. The van der Waals surface area contributed by atoms with E-state index in [4.69, 9.17) is 9.47 Å². The van der Waals surface area contributed by atoms with Gasteiger partial charge in [-0.25, -0.2) is 19.0 Å². The second-order valence-electron chi connectivity index (χ2n) is 6.06. The molecule has 0 unspecified atom stereocenters. The molecule has 0 atom stereocenters. The summed E-state index contributed by atoms with van der Waals surface area (Å²) in [6, 6.07) is 13.1. The van der Waals surface area contributed by atoms with Gasteiger partial charge in [-0.1, -0.05) is 30.3 Å². The number of fused-ring (bicyclic) bond motifs is 1. The lowest BCUT2D eigenvalue weighted by atomic mass is 10.0. The van der Waals surface area contributed by atoms with Gasteiger partial charge < -0.3 is 9.47 Å².